The first-order chi connectivity index (χ1) is 19.4. The molecular weight excluding hydrogens is 527 g/mol. The van der Waals surface area contributed by atoms with E-state index in [4.69, 9.17) is 9.47 Å². The fraction of sp³-hybridized carbons (Fsp3) is 0.758. The minimum absolute atomic E-state index is 0.0834. The molecule has 0 radical (unpaired) electrons. The number of ether oxygens (including phenoxy) is 2. The van der Waals surface area contributed by atoms with Crippen molar-refractivity contribution in [2.24, 2.45) is 40.4 Å². The fourth-order valence-electron chi connectivity index (χ4n) is 9.66. The van der Waals surface area contributed by atoms with Crippen molar-refractivity contribution in [3.05, 3.63) is 23.8 Å². The van der Waals surface area contributed by atoms with E-state index in [1.54, 1.807) is 13.0 Å². The van der Waals surface area contributed by atoms with Crippen LogP contribution >= 0.6 is 0 Å². The average molecular weight is 571 g/mol. The number of alkyl halides is 1. The lowest BCUT2D eigenvalue weighted by Crippen LogP contribution is -2.70. The molecule has 0 heterocycles. The van der Waals surface area contributed by atoms with E-state index in [9.17, 15) is 24.3 Å². The van der Waals surface area contributed by atoms with E-state index in [-0.39, 0.29) is 30.0 Å². The maximum Gasteiger partial charge on any atom is 0.309 e. The molecule has 0 bridgehead atoms. The van der Waals surface area contributed by atoms with E-state index in [2.05, 4.69) is 0 Å². The van der Waals surface area contributed by atoms with Crippen molar-refractivity contribution >= 4 is 23.5 Å². The highest BCUT2D eigenvalue weighted by Crippen LogP contribution is 2.71. The lowest BCUT2D eigenvalue weighted by molar-refractivity contribution is -0.229. The highest BCUT2D eigenvalue weighted by Gasteiger charge is 2.77. The van der Waals surface area contributed by atoms with Crippen LogP contribution in [0.25, 0.3) is 0 Å². The molecule has 5 saturated carbocycles. The minimum atomic E-state index is -2.05. The molecule has 6 aliphatic rings. The molecule has 224 valence electrons. The van der Waals surface area contributed by atoms with Gasteiger partial charge in [0.15, 0.2) is 23.7 Å². The van der Waals surface area contributed by atoms with Crippen LogP contribution in [0.15, 0.2) is 23.8 Å². The Kier molecular flexibility index (Phi) is 6.91. The van der Waals surface area contributed by atoms with Gasteiger partial charge in [-0.25, -0.2) is 4.39 Å². The molecule has 0 aliphatic heterocycles. The molecule has 0 aromatic carbocycles. The maximum absolute atomic E-state index is 17.6. The first-order valence-corrected chi connectivity index (χ1v) is 15.6. The number of aliphatic hydroxyl groups excluding tert-OH is 1. The van der Waals surface area contributed by atoms with Gasteiger partial charge >= 0.3 is 11.9 Å². The summed E-state index contributed by atoms with van der Waals surface area (Å²) < 4.78 is 29.5. The largest absolute Gasteiger partial charge is 0.457 e. The summed E-state index contributed by atoms with van der Waals surface area (Å²) in [5, 5.41) is 11.7. The summed E-state index contributed by atoms with van der Waals surface area (Å²) in [5.74, 6) is -3.40. The Hall–Kier alpha value is -2.35. The molecular formula is C33H43FO7. The number of esters is 2. The van der Waals surface area contributed by atoms with Gasteiger partial charge in [-0.1, -0.05) is 44.8 Å². The number of hydrogen-bond donors (Lipinski definition) is 1. The van der Waals surface area contributed by atoms with Crippen LogP contribution in [0.3, 0.4) is 0 Å². The molecule has 0 unspecified atom stereocenters. The second kappa shape index (κ2) is 9.85. The van der Waals surface area contributed by atoms with Gasteiger partial charge in [0.25, 0.3) is 0 Å². The summed E-state index contributed by atoms with van der Waals surface area (Å²) in [6.45, 7) is 4.98. The smallest absolute Gasteiger partial charge is 0.309 e. The second-order valence-corrected chi connectivity index (χ2v) is 14.2. The van der Waals surface area contributed by atoms with Gasteiger partial charge in [-0.3, -0.25) is 19.2 Å². The van der Waals surface area contributed by atoms with Gasteiger partial charge in [0.2, 0.25) is 5.78 Å². The molecule has 0 amide bonds. The van der Waals surface area contributed by atoms with Crippen LogP contribution in [0.2, 0.25) is 0 Å². The van der Waals surface area contributed by atoms with Gasteiger partial charge in [-0.2, -0.15) is 0 Å². The minimum Gasteiger partial charge on any atom is -0.457 e. The van der Waals surface area contributed by atoms with Crippen LogP contribution < -0.4 is 0 Å². The van der Waals surface area contributed by atoms with Gasteiger partial charge in [-0.05, 0) is 76.4 Å². The van der Waals surface area contributed by atoms with Gasteiger partial charge in [0.1, 0.15) is 0 Å². The van der Waals surface area contributed by atoms with Crippen LogP contribution in [-0.4, -0.2) is 52.6 Å². The molecule has 41 heavy (non-hydrogen) atoms. The standard InChI is InChI=1S/C33H43FO7/c1-19-15-25-24-12-11-22-16-23(35)13-14-30(22,2)32(24,34)26(36)17-31(25,3)33(19,41-29(39)21-9-10-21)27(37)18-40-28(38)20-7-5-4-6-8-20/h13-14,16,19-21,24-26,36H,4-12,15,17-18H2,1-3H3/t19-,24+,25+,26+,30+,31+,32+,33+/m1/s1. The van der Waals surface area contributed by atoms with Gasteiger partial charge in [0.05, 0.1) is 17.9 Å². The van der Waals surface area contributed by atoms with Crippen molar-refractivity contribution < 1.29 is 38.1 Å². The Bertz CT molecular complexity index is 1210. The highest BCUT2D eigenvalue weighted by atomic mass is 19.1. The molecule has 6 aliphatic carbocycles. The zero-order chi connectivity index (χ0) is 29.4. The van der Waals surface area contributed by atoms with E-state index in [1.165, 1.54) is 12.2 Å². The van der Waals surface area contributed by atoms with Crippen molar-refractivity contribution in [2.45, 2.75) is 109 Å². The molecule has 0 aromatic heterocycles. The lowest BCUT2D eigenvalue weighted by Gasteiger charge is -2.62. The molecule has 7 nitrogen and oxygen atoms in total. The number of halogens is 1. The van der Waals surface area contributed by atoms with E-state index < -0.39 is 64.4 Å². The van der Waals surface area contributed by atoms with Gasteiger partial charge in [-0.15, -0.1) is 0 Å². The highest BCUT2D eigenvalue weighted by molar-refractivity contribution is 6.01. The van der Waals surface area contributed by atoms with Crippen molar-refractivity contribution in [3.8, 4) is 0 Å². The van der Waals surface area contributed by atoms with Crippen molar-refractivity contribution in [1.29, 1.82) is 0 Å². The fourth-order valence-corrected chi connectivity index (χ4v) is 9.66. The topological polar surface area (TPSA) is 107 Å². The molecule has 1 N–H and O–H groups in total. The summed E-state index contributed by atoms with van der Waals surface area (Å²) in [4.78, 5) is 52.6. The molecule has 0 aromatic rings. The van der Waals surface area contributed by atoms with Crippen LogP contribution in [0.1, 0.15) is 91.4 Å². The molecule has 0 saturated heterocycles. The number of fused-ring (bicyclic) bond motifs is 5. The summed E-state index contributed by atoms with van der Waals surface area (Å²) in [7, 11) is 0. The Morgan fingerprint density at radius 3 is 2.37 bits per heavy atom. The van der Waals surface area contributed by atoms with Crippen LogP contribution in [-0.2, 0) is 28.7 Å². The normalized spacial score (nSPS) is 43.8. The number of aliphatic hydroxyl groups is 1. The van der Waals surface area contributed by atoms with E-state index >= 15 is 4.39 Å². The number of carbonyl (C=O) groups is 4. The molecule has 8 heteroatoms. The molecule has 8 atom stereocenters. The third kappa shape index (κ3) is 4.05. The summed E-state index contributed by atoms with van der Waals surface area (Å²) in [6, 6.07) is 0. The number of ketones is 2. The van der Waals surface area contributed by atoms with Gasteiger partial charge in [0, 0.05) is 22.7 Å². The summed E-state index contributed by atoms with van der Waals surface area (Å²) in [5.41, 5.74) is -5.21. The third-order valence-electron chi connectivity index (χ3n) is 12.1. The average Bonchev–Trinajstić information content (AvgIpc) is 3.77. The molecule has 0 spiro atoms. The summed E-state index contributed by atoms with van der Waals surface area (Å²) in [6.07, 6.45) is 10.2. The summed E-state index contributed by atoms with van der Waals surface area (Å²) >= 11 is 0. The van der Waals surface area contributed by atoms with E-state index in [0.29, 0.717) is 37.7 Å². The third-order valence-corrected chi connectivity index (χ3v) is 12.1. The molecule has 5 fully saturated rings. The number of rotatable bonds is 6. The zero-order valence-corrected chi connectivity index (χ0v) is 24.5. The van der Waals surface area contributed by atoms with Crippen LogP contribution in [0.5, 0.6) is 0 Å². The van der Waals surface area contributed by atoms with Crippen molar-refractivity contribution in [2.75, 3.05) is 6.61 Å². The Morgan fingerprint density at radius 1 is 1.00 bits per heavy atom. The van der Waals surface area contributed by atoms with Gasteiger partial charge < -0.3 is 14.6 Å². The van der Waals surface area contributed by atoms with Crippen molar-refractivity contribution in [1.82, 2.24) is 0 Å². The number of carbonyl (C=O) groups excluding carboxylic acids is 4. The van der Waals surface area contributed by atoms with E-state index in [1.807, 2.05) is 13.8 Å². The van der Waals surface area contributed by atoms with Crippen molar-refractivity contribution in [3.63, 3.8) is 0 Å². The predicted molar refractivity (Wildman–Crippen MR) is 147 cm³/mol. The second-order valence-electron chi connectivity index (χ2n) is 14.2. The SMILES string of the molecule is C[C@@H]1C[C@H]2[C@@H]3CCC4=CC(=O)C=C[C@]4(C)[C@@]3(F)[C@@H](O)C[C@]2(C)[C@@]1(OC(=O)C1CC1)C(=O)COC(=O)C1CCCCC1. The number of allylic oxidation sites excluding steroid dienone is 4. The van der Waals surface area contributed by atoms with Crippen LogP contribution in [0.4, 0.5) is 4.39 Å². The Morgan fingerprint density at radius 2 is 1.68 bits per heavy atom. The lowest BCUT2D eigenvalue weighted by atomic mass is 9.44. The first-order valence-electron chi connectivity index (χ1n) is 15.6. The quantitative estimate of drug-likeness (QED) is 0.449. The first kappa shape index (κ1) is 28.8. The Balaban J connectivity index is 1.35. The monoisotopic (exact) mass is 570 g/mol. The number of Topliss-reactive ketones (excluding diaryl/α,β-unsaturated/α-hetero) is 1. The predicted octanol–water partition coefficient (Wildman–Crippen LogP) is 4.99. The number of hydrogen-bond acceptors (Lipinski definition) is 7. The Labute approximate surface area is 241 Å². The van der Waals surface area contributed by atoms with E-state index in [0.717, 1.165) is 32.1 Å². The maximum atomic E-state index is 17.6. The molecule has 6 rings (SSSR count). The van der Waals surface area contributed by atoms with Crippen LogP contribution in [0, 0.1) is 40.4 Å². The zero-order valence-electron chi connectivity index (χ0n) is 24.5.